The average molecular weight is 340 g/mol. The van der Waals surface area contributed by atoms with Crippen LogP contribution in [0.3, 0.4) is 0 Å². The number of nitrogens with zero attached hydrogens (tertiary/aromatic N) is 4. The molecule has 0 aliphatic carbocycles. The maximum Gasteiger partial charge on any atom is 0.211 e. The summed E-state index contributed by atoms with van der Waals surface area (Å²) < 4.78 is 27.9. The maximum atomic E-state index is 12.1. The van der Waals surface area contributed by atoms with E-state index in [-0.39, 0.29) is 0 Å². The molecule has 0 spiro atoms. The quantitative estimate of drug-likeness (QED) is 0.830. The molecule has 8 heteroatoms. The maximum absolute atomic E-state index is 12.1. The summed E-state index contributed by atoms with van der Waals surface area (Å²) in [4.78, 5) is 8.69. The van der Waals surface area contributed by atoms with Crippen LogP contribution in [0, 0.1) is 12.8 Å². The highest BCUT2D eigenvalue weighted by Gasteiger charge is 2.26. The lowest BCUT2D eigenvalue weighted by atomic mass is 9.99. The summed E-state index contributed by atoms with van der Waals surface area (Å²) in [7, 11) is -3.24. The van der Waals surface area contributed by atoms with Crippen molar-refractivity contribution in [2.45, 2.75) is 32.9 Å². The summed E-state index contributed by atoms with van der Waals surface area (Å²) >= 11 is 1.55. The number of sulfonamides is 1. The minimum absolute atomic E-state index is 0.316. The lowest BCUT2D eigenvalue weighted by molar-refractivity contribution is 0.277. The van der Waals surface area contributed by atoms with Gasteiger partial charge in [0, 0.05) is 37.3 Å². The first-order valence-electron chi connectivity index (χ1n) is 7.28. The van der Waals surface area contributed by atoms with Crippen molar-refractivity contribution in [1.29, 1.82) is 0 Å². The minimum atomic E-state index is -3.24. The summed E-state index contributed by atoms with van der Waals surface area (Å²) in [5, 5.41) is 2.90. The predicted molar refractivity (Wildman–Crippen MR) is 86.1 cm³/mol. The number of imidazole rings is 1. The van der Waals surface area contributed by atoms with E-state index in [1.54, 1.807) is 15.6 Å². The Hall–Kier alpha value is -1.25. The third-order valence-electron chi connectivity index (χ3n) is 3.97. The Bertz CT molecular complexity index is 750. The molecule has 0 saturated heterocycles. The van der Waals surface area contributed by atoms with Gasteiger partial charge in [-0.1, -0.05) is 0 Å². The first-order chi connectivity index (χ1) is 10.4. The third kappa shape index (κ3) is 3.56. The lowest BCUT2D eigenvalue weighted by Gasteiger charge is -2.28. The van der Waals surface area contributed by atoms with Gasteiger partial charge in [0.15, 0.2) is 0 Å². The standard InChI is InChI=1S/C14H20N4O2S2/c1-11-16-13(10-21-11)9-18(22(2,19)20)8-12-3-4-14-15-5-6-17(14)7-12/h5-6,10,12H,3-4,7-9H2,1-2H3. The molecule has 0 radical (unpaired) electrons. The largest absolute Gasteiger partial charge is 0.335 e. The van der Waals surface area contributed by atoms with Crippen LogP contribution in [0.5, 0.6) is 0 Å². The van der Waals surface area contributed by atoms with Crippen LogP contribution in [0.15, 0.2) is 17.8 Å². The van der Waals surface area contributed by atoms with Gasteiger partial charge < -0.3 is 4.57 Å². The predicted octanol–water partition coefficient (Wildman–Crippen LogP) is 1.67. The highest BCUT2D eigenvalue weighted by Crippen LogP contribution is 2.22. The van der Waals surface area contributed by atoms with Crippen molar-refractivity contribution < 1.29 is 8.42 Å². The monoisotopic (exact) mass is 340 g/mol. The number of rotatable bonds is 5. The molecule has 0 N–H and O–H groups in total. The first kappa shape index (κ1) is 15.6. The Morgan fingerprint density at radius 2 is 2.32 bits per heavy atom. The number of aromatic nitrogens is 3. The van der Waals surface area contributed by atoms with Gasteiger partial charge in [0.1, 0.15) is 5.82 Å². The van der Waals surface area contributed by atoms with Crippen LogP contribution >= 0.6 is 11.3 Å². The van der Waals surface area contributed by atoms with Gasteiger partial charge in [-0.15, -0.1) is 11.3 Å². The molecule has 0 saturated carbocycles. The molecular weight excluding hydrogens is 320 g/mol. The molecule has 1 atom stereocenters. The van der Waals surface area contributed by atoms with E-state index in [0.29, 0.717) is 19.0 Å². The van der Waals surface area contributed by atoms with E-state index in [0.717, 1.165) is 35.9 Å². The zero-order valence-electron chi connectivity index (χ0n) is 12.8. The van der Waals surface area contributed by atoms with Crippen LogP contribution in [0.2, 0.25) is 0 Å². The van der Waals surface area contributed by atoms with E-state index in [2.05, 4.69) is 14.5 Å². The van der Waals surface area contributed by atoms with Gasteiger partial charge in [0.2, 0.25) is 10.0 Å². The fourth-order valence-electron chi connectivity index (χ4n) is 2.85. The van der Waals surface area contributed by atoms with Crippen LogP contribution in [0.4, 0.5) is 0 Å². The molecule has 3 rings (SSSR count). The summed E-state index contributed by atoms with van der Waals surface area (Å²) in [6.07, 6.45) is 6.93. The van der Waals surface area contributed by atoms with E-state index < -0.39 is 10.0 Å². The first-order valence-corrected chi connectivity index (χ1v) is 10.0. The molecule has 0 fully saturated rings. The number of thiazole rings is 1. The highest BCUT2D eigenvalue weighted by molar-refractivity contribution is 7.88. The molecular formula is C14H20N4O2S2. The normalized spacial score (nSPS) is 18.6. The van der Waals surface area contributed by atoms with Crippen molar-refractivity contribution in [3.05, 3.63) is 34.3 Å². The van der Waals surface area contributed by atoms with Crippen molar-refractivity contribution >= 4 is 21.4 Å². The third-order valence-corrected chi connectivity index (χ3v) is 6.01. The molecule has 0 bridgehead atoms. The van der Waals surface area contributed by atoms with Crippen LogP contribution in [0.25, 0.3) is 0 Å². The Labute approximate surface area is 134 Å². The molecule has 120 valence electrons. The Morgan fingerprint density at radius 1 is 1.50 bits per heavy atom. The molecule has 2 aromatic heterocycles. The van der Waals surface area contributed by atoms with Gasteiger partial charge >= 0.3 is 0 Å². The SMILES string of the molecule is Cc1nc(CN(CC2CCc3nccn3C2)S(C)(=O)=O)cs1. The second-order valence-electron chi connectivity index (χ2n) is 5.81. The second-order valence-corrected chi connectivity index (χ2v) is 8.86. The Kier molecular flexibility index (Phi) is 4.33. The summed E-state index contributed by atoms with van der Waals surface area (Å²) in [6, 6.07) is 0. The Morgan fingerprint density at radius 3 is 3.00 bits per heavy atom. The van der Waals surface area contributed by atoms with Gasteiger partial charge in [-0.3, -0.25) is 0 Å². The Balaban J connectivity index is 1.71. The minimum Gasteiger partial charge on any atom is -0.335 e. The van der Waals surface area contributed by atoms with Crippen LogP contribution < -0.4 is 0 Å². The highest BCUT2D eigenvalue weighted by atomic mass is 32.2. The molecule has 1 aliphatic heterocycles. The molecule has 0 aromatic carbocycles. The van der Waals surface area contributed by atoms with Crippen molar-refractivity contribution in [1.82, 2.24) is 18.8 Å². The van der Waals surface area contributed by atoms with E-state index >= 15 is 0 Å². The van der Waals surface area contributed by atoms with Crippen LogP contribution in [-0.2, 0) is 29.5 Å². The van der Waals surface area contributed by atoms with Gasteiger partial charge in [0.05, 0.1) is 23.5 Å². The number of hydrogen-bond donors (Lipinski definition) is 0. The van der Waals surface area contributed by atoms with Gasteiger partial charge in [-0.05, 0) is 19.3 Å². The van der Waals surface area contributed by atoms with Crippen molar-refractivity contribution in [2.24, 2.45) is 5.92 Å². The lowest BCUT2D eigenvalue weighted by Crippen LogP contribution is -2.37. The fraction of sp³-hybridized carbons (Fsp3) is 0.571. The zero-order chi connectivity index (χ0) is 15.7. The number of fused-ring (bicyclic) bond motifs is 1. The van der Waals surface area contributed by atoms with Crippen molar-refractivity contribution in [3.63, 3.8) is 0 Å². The topological polar surface area (TPSA) is 68.1 Å². The summed E-state index contributed by atoms with van der Waals surface area (Å²) in [5.74, 6) is 1.41. The molecule has 3 heterocycles. The van der Waals surface area contributed by atoms with Gasteiger partial charge in [-0.25, -0.2) is 18.4 Å². The average Bonchev–Trinajstić information content (AvgIpc) is 3.05. The van der Waals surface area contributed by atoms with Gasteiger partial charge in [0.25, 0.3) is 0 Å². The molecule has 6 nitrogen and oxygen atoms in total. The van der Waals surface area contributed by atoms with E-state index in [9.17, 15) is 8.42 Å². The smallest absolute Gasteiger partial charge is 0.211 e. The molecule has 2 aromatic rings. The second kappa shape index (κ2) is 6.10. The van der Waals surface area contributed by atoms with Crippen molar-refractivity contribution in [3.8, 4) is 0 Å². The zero-order valence-corrected chi connectivity index (χ0v) is 14.4. The van der Waals surface area contributed by atoms with E-state index in [4.69, 9.17) is 0 Å². The van der Waals surface area contributed by atoms with E-state index in [1.807, 2.05) is 24.7 Å². The van der Waals surface area contributed by atoms with Gasteiger partial charge in [-0.2, -0.15) is 4.31 Å². The summed E-state index contributed by atoms with van der Waals surface area (Å²) in [6.45, 7) is 3.65. The number of hydrogen-bond acceptors (Lipinski definition) is 5. The fourth-order valence-corrected chi connectivity index (χ4v) is 4.31. The van der Waals surface area contributed by atoms with E-state index in [1.165, 1.54) is 6.26 Å². The molecule has 1 unspecified atom stereocenters. The molecule has 1 aliphatic rings. The van der Waals surface area contributed by atoms with Crippen LogP contribution in [0.1, 0.15) is 22.9 Å². The van der Waals surface area contributed by atoms with Crippen LogP contribution in [-0.4, -0.2) is 40.1 Å². The summed E-state index contributed by atoms with van der Waals surface area (Å²) in [5.41, 5.74) is 0.826. The molecule has 22 heavy (non-hydrogen) atoms. The molecule has 0 amide bonds. The van der Waals surface area contributed by atoms with Crippen molar-refractivity contribution in [2.75, 3.05) is 12.8 Å². The number of aryl methyl sites for hydroxylation is 2.